The molecule has 1 aromatic heterocycles. The highest BCUT2D eigenvalue weighted by molar-refractivity contribution is 8.00. The Bertz CT molecular complexity index is 748. The van der Waals surface area contributed by atoms with Crippen LogP contribution >= 0.6 is 11.8 Å². The fourth-order valence-electron chi connectivity index (χ4n) is 3.07. The molecule has 0 amide bonds. The Morgan fingerprint density at radius 1 is 1.41 bits per heavy atom. The van der Waals surface area contributed by atoms with Crippen molar-refractivity contribution in [1.82, 2.24) is 25.4 Å². The molecule has 7 nitrogen and oxygen atoms in total. The minimum atomic E-state index is 0.290. The zero-order valence-electron chi connectivity index (χ0n) is 16.2. The van der Waals surface area contributed by atoms with Gasteiger partial charge in [-0.2, -0.15) is 5.10 Å². The van der Waals surface area contributed by atoms with Crippen LogP contribution in [0.2, 0.25) is 0 Å². The number of methoxy groups -OCH3 is 1. The molecule has 3 rings (SSSR count). The van der Waals surface area contributed by atoms with E-state index in [9.17, 15) is 0 Å². The Kier molecular flexibility index (Phi) is 7.11. The third-order valence-electron chi connectivity index (χ3n) is 4.38. The van der Waals surface area contributed by atoms with Crippen molar-refractivity contribution in [1.29, 1.82) is 0 Å². The first-order chi connectivity index (χ1) is 13.2. The second-order valence-electron chi connectivity index (χ2n) is 6.63. The van der Waals surface area contributed by atoms with Gasteiger partial charge in [0.2, 0.25) is 0 Å². The van der Waals surface area contributed by atoms with Gasteiger partial charge in [-0.25, -0.2) is 9.67 Å². The maximum atomic E-state index is 5.13. The molecule has 0 saturated heterocycles. The zero-order chi connectivity index (χ0) is 19.1. The van der Waals surface area contributed by atoms with Gasteiger partial charge in [-0.1, -0.05) is 25.1 Å². The molecule has 2 atom stereocenters. The summed E-state index contributed by atoms with van der Waals surface area (Å²) in [7, 11) is 3.47. The summed E-state index contributed by atoms with van der Waals surface area (Å²) in [6, 6.07) is 10.8. The van der Waals surface area contributed by atoms with E-state index in [4.69, 9.17) is 4.74 Å². The Balaban J connectivity index is 1.47. The molecule has 0 radical (unpaired) electrons. The molecule has 0 saturated carbocycles. The smallest absolute Gasteiger partial charge is 0.191 e. The number of aryl methyl sites for hydroxylation is 1. The number of aromatic nitrogens is 3. The van der Waals surface area contributed by atoms with Gasteiger partial charge in [0.25, 0.3) is 0 Å². The van der Waals surface area contributed by atoms with Gasteiger partial charge in [0, 0.05) is 43.3 Å². The highest BCUT2D eigenvalue weighted by Gasteiger charge is 2.22. The first-order valence-corrected chi connectivity index (χ1v) is 10.2. The van der Waals surface area contributed by atoms with Crippen LogP contribution in [-0.4, -0.2) is 52.7 Å². The van der Waals surface area contributed by atoms with Gasteiger partial charge in [-0.05, 0) is 18.6 Å². The van der Waals surface area contributed by atoms with Crippen LogP contribution in [0, 0.1) is 0 Å². The van der Waals surface area contributed by atoms with Gasteiger partial charge in [0.15, 0.2) is 11.8 Å². The summed E-state index contributed by atoms with van der Waals surface area (Å²) in [4.78, 5) is 10.2. The van der Waals surface area contributed by atoms with E-state index in [-0.39, 0.29) is 6.04 Å². The number of aliphatic imine (C=N–C) groups is 1. The van der Waals surface area contributed by atoms with Crippen molar-refractivity contribution in [2.75, 3.05) is 20.7 Å². The molecule has 146 valence electrons. The molecule has 8 heteroatoms. The van der Waals surface area contributed by atoms with Crippen LogP contribution in [0.15, 0.2) is 40.2 Å². The number of rotatable bonds is 7. The number of ether oxygens (including phenoxy) is 1. The lowest BCUT2D eigenvalue weighted by Crippen LogP contribution is -2.48. The number of thioether (sulfide) groups is 1. The average molecular weight is 389 g/mol. The molecule has 2 aromatic rings. The Hall–Kier alpha value is -2.06. The Labute approximate surface area is 165 Å². The van der Waals surface area contributed by atoms with E-state index in [1.54, 1.807) is 7.11 Å². The van der Waals surface area contributed by atoms with Crippen LogP contribution in [0.25, 0.3) is 0 Å². The van der Waals surface area contributed by atoms with Gasteiger partial charge >= 0.3 is 0 Å². The molecule has 1 aliphatic heterocycles. The van der Waals surface area contributed by atoms with Crippen LogP contribution in [0.5, 0.6) is 0 Å². The van der Waals surface area contributed by atoms with Crippen LogP contribution in [0.3, 0.4) is 0 Å². The van der Waals surface area contributed by atoms with Crippen molar-refractivity contribution in [3.05, 3.63) is 42.0 Å². The van der Waals surface area contributed by atoms with Crippen LogP contribution in [0.1, 0.15) is 25.0 Å². The molecule has 0 spiro atoms. The molecule has 27 heavy (non-hydrogen) atoms. The van der Waals surface area contributed by atoms with E-state index >= 15 is 0 Å². The van der Waals surface area contributed by atoms with E-state index < -0.39 is 0 Å². The van der Waals surface area contributed by atoms with Gasteiger partial charge in [0.1, 0.15) is 12.4 Å². The van der Waals surface area contributed by atoms with Crippen molar-refractivity contribution in [2.24, 2.45) is 4.99 Å². The second-order valence-corrected chi connectivity index (χ2v) is 8.15. The normalized spacial score (nSPS) is 18.0. The van der Waals surface area contributed by atoms with Gasteiger partial charge in [-0.15, -0.1) is 11.8 Å². The monoisotopic (exact) mass is 388 g/mol. The summed E-state index contributed by atoms with van der Waals surface area (Å²) in [5.41, 5.74) is 0. The number of fused-ring (bicyclic) bond motifs is 1. The number of hydrogen-bond donors (Lipinski definition) is 2. The third-order valence-corrected chi connectivity index (χ3v) is 5.49. The summed E-state index contributed by atoms with van der Waals surface area (Å²) in [6.07, 6.45) is 1.92. The number of hydrogen-bond acceptors (Lipinski definition) is 5. The molecular weight excluding hydrogens is 360 g/mol. The third kappa shape index (κ3) is 5.71. The van der Waals surface area contributed by atoms with Gasteiger partial charge in [-0.3, -0.25) is 4.99 Å². The first-order valence-electron chi connectivity index (χ1n) is 9.28. The topological polar surface area (TPSA) is 76.4 Å². The maximum Gasteiger partial charge on any atom is 0.191 e. The average Bonchev–Trinajstić information content (AvgIpc) is 3.08. The van der Waals surface area contributed by atoms with E-state index in [0.717, 1.165) is 43.5 Å². The molecule has 2 N–H and O–H groups in total. The fraction of sp³-hybridized carbons (Fsp3) is 0.526. The van der Waals surface area contributed by atoms with Crippen molar-refractivity contribution in [3.63, 3.8) is 0 Å². The molecule has 1 aliphatic rings. The van der Waals surface area contributed by atoms with Crippen LogP contribution < -0.4 is 10.6 Å². The molecule has 2 unspecified atom stereocenters. The van der Waals surface area contributed by atoms with Crippen LogP contribution in [0.4, 0.5) is 0 Å². The lowest BCUT2D eigenvalue weighted by Gasteiger charge is -2.26. The predicted molar refractivity (Wildman–Crippen MR) is 109 cm³/mol. The largest absolute Gasteiger partial charge is 0.377 e. The Morgan fingerprint density at radius 3 is 2.96 bits per heavy atom. The molecular formula is C19H28N6OS. The van der Waals surface area contributed by atoms with E-state index in [0.29, 0.717) is 11.9 Å². The minimum absolute atomic E-state index is 0.290. The zero-order valence-corrected chi connectivity index (χ0v) is 17.0. The predicted octanol–water partition coefficient (Wildman–Crippen LogP) is 2.09. The summed E-state index contributed by atoms with van der Waals surface area (Å²) < 4.78 is 7.11. The summed E-state index contributed by atoms with van der Waals surface area (Å²) in [6.45, 7) is 4.31. The SMILES string of the molecule is CN=C(NCC(C)Sc1ccccc1)NC1CCc2nc(COC)nn2C1. The molecule has 0 bridgehead atoms. The van der Waals surface area contributed by atoms with Crippen molar-refractivity contribution in [3.8, 4) is 0 Å². The number of nitrogens with zero attached hydrogens (tertiary/aromatic N) is 4. The van der Waals surface area contributed by atoms with Crippen molar-refractivity contribution < 1.29 is 4.74 Å². The second kappa shape index (κ2) is 9.75. The lowest BCUT2D eigenvalue weighted by molar-refractivity contribution is 0.177. The Morgan fingerprint density at radius 2 is 2.22 bits per heavy atom. The quantitative estimate of drug-likeness (QED) is 0.430. The summed E-state index contributed by atoms with van der Waals surface area (Å²) in [5.74, 6) is 2.62. The highest BCUT2D eigenvalue weighted by atomic mass is 32.2. The number of benzene rings is 1. The summed E-state index contributed by atoms with van der Waals surface area (Å²) >= 11 is 1.86. The van der Waals surface area contributed by atoms with Crippen LogP contribution in [-0.2, 0) is 24.3 Å². The number of guanidine groups is 1. The van der Waals surface area contributed by atoms with E-state index in [1.165, 1.54) is 4.90 Å². The highest BCUT2D eigenvalue weighted by Crippen LogP contribution is 2.22. The first kappa shape index (κ1) is 19.7. The minimum Gasteiger partial charge on any atom is -0.377 e. The van der Waals surface area contributed by atoms with Gasteiger partial charge in [0.05, 0.1) is 6.54 Å². The fourth-order valence-corrected chi connectivity index (χ4v) is 4.02. The van der Waals surface area contributed by atoms with Crippen molar-refractivity contribution >= 4 is 17.7 Å². The van der Waals surface area contributed by atoms with E-state index in [2.05, 4.69) is 56.9 Å². The molecule has 0 fully saturated rings. The van der Waals surface area contributed by atoms with E-state index in [1.807, 2.05) is 29.6 Å². The van der Waals surface area contributed by atoms with Crippen molar-refractivity contribution in [2.45, 2.75) is 49.1 Å². The maximum absolute atomic E-state index is 5.13. The lowest BCUT2D eigenvalue weighted by atomic mass is 10.1. The number of nitrogens with one attached hydrogen (secondary N) is 2. The molecule has 2 heterocycles. The molecule has 1 aromatic carbocycles. The summed E-state index contributed by atoms with van der Waals surface area (Å²) in [5, 5.41) is 11.9. The standard InChI is InChI=1S/C19H28N6OS/c1-14(27-16-7-5-4-6-8-16)11-21-19(20-2)22-15-9-10-18-23-17(13-26-3)24-25(18)12-15/h4-8,14-15H,9-13H2,1-3H3,(H2,20,21,22). The molecule has 0 aliphatic carbocycles. The van der Waals surface area contributed by atoms with Gasteiger partial charge < -0.3 is 15.4 Å².